The molecule has 2 heterocycles. The summed E-state index contributed by atoms with van der Waals surface area (Å²) in [4.78, 5) is 14.7. The van der Waals surface area contributed by atoms with Gasteiger partial charge in [-0.05, 0) is 49.9 Å². The van der Waals surface area contributed by atoms with Gasteiger partial charge in [-0.3, -0.25) is 4.79 Å². The first-order valence-electron chi connectivity index (χ1n) is 8.74. The summed E-state index contributed by atoms with van der Waals surface area (Å²) in [5.74, 6) is 0.654. The number of amides is 1. The van der Waals surface area contributed by atoms with Gasteiger partial charge in [0.15, 0.2) is 0 Å². The van der Waals surface area contributed by atoms with E-state index < -0.39 is 0 Å². The maximum absolute atomic E-state index is 12.2. The van der Waals surface area contributed by atoms with Crippen LogP contribution in [0.15, 0.2) is 36.5 Å². The van der Waals surface area contributed by atoms with Crippen molar-refractivity contribution in [3.8, 4) is 0 Å². The second kappa shape index (κ2) is 7.22. The summed E-state index contributed by atoms with van der Waals surface area (Å²) in [5.41, 5.74) is 4.64. The minimum Gasteiger partial charge on any atom is -0.354 e. The van der Waals surface area contributed by atoms with Gasteiger partial charge in [0.05, 0.1) is 5.56 Å². The highest BCUT2D eigenvalue weighted by Gasteiger charge is 2.24. The fourth-order valence-corrected chi connectivity index (χ4v) is 3.61. The van der Waals surface area contributed by atoms with E-state index in [2.05, 4.69) is 41.4 Å². The zero-order valence-electron chi connectivity index (χ0n) is 14.9. The predicted molar refractivity (Wildman–Crippen MR) is 97.5 cm³/mol. The topological polar surface area (TPSA) is 37.3 Å². The number of nitrogens with one attached hydrogen (secondary N) is 1. The predicted octanol–water partition coefficient (Wildman–Crippen LogP) is 2.86. The highest BCUT2D eigenvalue weighted by Crippen LogP contribution is 2.28. The largest absolute Gasteiger partial charge is 0.354 e. The van der Waals surface area contributed by atoms with Crippen molar-refractivity contribution in [2.45, 2.75) is 26.2 Å². The molecular formula is C20H27N3O. The van der Waals surface area contributed by atoms with Crippen LogP contribution in [0.5, 0.6) is 0 Å². The Morgan fingerprint density at radius 1 is 1.25 bits per heavy atom. The van der Waals surface area contributed by atoms with Gasteiger partial charge in [-0.25, -0.2) is 0 Å². The molecule has 1 aromatic heterocycles. The number of aryl methyl sites for hydroxylation is 2. The zero-order chi connectivity index (χ0) is 17.1. The zero-order valence-corrected chi connectivity index (χ0v) is 14.9. The molecular weight excluding hydrogens is 298 g/mol. The number of carbonyl (C=O) groups excluding carboxylic acids is 1. The van der Waals surface area contributed by atoms with Gasteiger partial charge in [0, 0.05) is 38.6 Å². The Morgan fingerprint density at radius 2 is 2.04 bits per heavy atom. The molecule has 0 spiro atoms. The monoisotopic (exact) mass is 325 g/mol. The number of nitrogens with zero attached hydrogens (tertiary/aromatic N) is 2. The molecule has 1 fully saturated rings. The highest BCUT2D eigenvalue weighted by atomic mass is 16.1. The molecule has 4 heteroatoms. The lowest BCUT2D eigenvalue weighted by Crippen LogP contribution is -2.34. The molecule has 1 saturated heterocycles. The van der Waals surface area contributed by atoms with E-state index in [1.807, 2.05) is 30.8 Å². The first kappa shape index (κ1) is 16.8. The average Bonchev–Trinajstić information content (AvgIpc) is 3.16. The van der Waals surface area contributed by atoms with Crippen LogP contribution in [0.1, 0.15) is 39.5 Å². The van der Waals surface area contributed by atoms with E-state index in [1.165, 1.54) is 17.5 Å². The third-order valence-corrected chi connectivity index (χ3v) is 5.24. The van der Waals surface area contributed by atoms with Gasteiger partial charge in [-0.15, -0.1) is 0 Å². The van der Waals surface area contributed by atoms with Crippen LogP contribution in [-0.2, 0) is 7.05 Å². The lowest BCUT2D eigenvalue weighted by atomic mass is 9.94. The van der Waals surface area contributed by atoms with Crippen molar-refractivity contribution in [1.82, 2.24) is 14.8 Å². The average molecular weight is 325 g/mol. The Bertz CT molecular complexity index is 719. The molecule has 3 rings (SSSR count). The Morgan fingerprint density at radius 3 is 2.75 bits per heavy atom. The molecule has 0 radical (unpaired) electrons. The van der Waals surface area contributed by atoms with Crippen molar-refractivity contribution in [3.05, 3.63) is 58.9 Å². The molecule has 1 aliphatic rings. The second-order valence-corrected chi connectivity index (χ2v) is 6.82. The molecule has 0 aliphatic carbocycles. The maximum atomic E-state index is 12.2. The van der Waals surface area contributed by atoms with Crippen molar-refractivity contribution < 1.29 is 4.79 Å². The van der Waals surface area contributed by atoms with Crippen molar-refractivity contribution in [3.63, 3.8) is 0 Å². The Labute approximate surface area is 144 Å². The third-order valence-electron chi connectivity index (χ3n) is 5.24. The van der Waals surface area contributed by atoms with Gasteiger partial charge < -0.3 is 14.8 Å². The molecule has 1 aliphatic heterocycles. The molecule has 1 amide bonds. The number of likely N-dealkylation sites (tertiary alicyclic amines) is 1. The van der Waals surface area contributed by atoms with E-state index in [4.69, 9.17) is 0 Å². The molecule has 0 bridgehead atoms. The third kappa shape index (κ3) is 3.54. The molecule has 0 saturated carbocycles. The SMILES string of the molecule is Cc1ccccc1C1CCN(CCNC(=O)c2ccn(C)c2C)C1. The van der Waals surface area contributed by atoms with Crippen LogP contribution in [-0.4, -0.2) is 41.6 Å². The summed E-state index contributed by atoms with van der Waals surface area (Å²) in [6.07, 6.45) is 3.13. The van der Waals surface area contributed by atoms with Crippen molar-refractivity contribution >= 4 is 5.91 Å². The smallest absolute Gasteiger partial charge is 0.253 e. The molecule has 128 valence electrons. The number of hydrogen-bond acceptors (Lipinski definition) is 2. The van der Waals surface area contributed by atoms with Gasteiger partial charge in [0.1, 0.15) is 0 Å². The normalized spacial score (nSPS) is 18.0. The van der Waals surface area contributed by atoms with Crippen LogP contribution in [0.4, 0.5) is 0 Å². The van der Waals surface area contributed by atoms with Gasteiger partial charge in [-0.2, -0.15) is 0 Å². The highest BCUT2D eigenvalue weighted by molar-refractivity contribution is 5.95. The fraction of sp³-hybridized carbons (Fsp3) is 0.450. The first-order chi connectivity index (χ1) is 11.6. The van der Waals surface area contributed by atoms with E-state index in [-0.39, 0.29) is 5.91 Å². The van der Waals surface area contributed by atoms with Crippen molar-refractivity contribution in [1.29, 1.82) is 0 Å². The van der Waals surface area contributed by atoms with Crippen LogP contribution < -0.4 is 5.32 Å². The fourth-order valence-electron chi connectivity index (χ4n) is 3.61. The lowest BCUT2D eigenvalue weighted by Gasteiger charge is -2.17. The Kier molecular flexibility index (Phi) is 5.05. The molecule has 4 nitrogen and oxygen atoms in total. The quantitative estimate of drug-likeness (QED) is 0.918. The molecule has 1 unspecified atom stereocenters. The lowest BCUT2D eigenvalue weighted by molar-refractivity contribution is 0.0949. The summed E-state index contributed by atoms with van der Waals surface area (Å²) in [7, 11) is 1.96. The Hall–Kier alpha value is -2.07. The standard InChI is InChI=1S/C20H27N3O/c1-15-6-4-5-7-18(15)17-8-12-23(14-17)13-10-21-20(24)19-9-11-22(3)16(19)2/h4-7,9,11,17H,8,10,12-14H2,1-3H3,(H,21,24). The minimum atomic E-state index is 0.0303. The Balaban J connectivity index is 1.48. The van der Waals surface area contributed by atoms with Crippen LogP contribution in [0.25, 0.3) is 0 Å². The van der Waals surface area contributed by atoms with Gasteiger partial charge in [0.25, 0.3) is 5.91 Å². The molecule has 1 N–H and O–H groups in total. The van der Waals surface area contributed by atoms with E-state index >= 15 is 0 Å². The van der Waals surface area contributed by atoms with E-state index in [0.717, 1.165) is 30.9 Å². The van der Waals surface area contributed by atoms with Crippen molar-refractivity contribution in [2.24, 2.45) is 7.05 Å². The summed E-state index contributed by atoms with van der Waals surface area (Å²) in [5, 5.41) is 3.05. The van der Waals surface area contributed by atoms with E-state index in [9.17, 15) is 4.79 Å². The minimum absolute atomic E-state index is 0.0303. The van der Waals surface area contributed by atoms with Crippen LogP contribution in [0, 0.1) is 13.8 Å². The van der Waals surface area contributed by atoms with Gasteiger partial charge in [0.2, 0.25) is 0 Å². The number of rotatable bonds is 5. The number of carbonyl (C=O) groups is 1. The number of aromatic nitrogens is 1. The maximum Gasteiger partial charge on any atom is 0.253 e. The van der Waals surface area contributed by atoms with E-state index in [0.29, 0.717) is 12.5 Å². The van der Waals surface area contributed by atoms with E-state index in [1.54, 1.807) is 0 Å². The number of hydrogen-bond donors (Lipinski definition) is 1. The molecule has 2 aromatic rings. The summed E-state index contributed by atoms with van der Waals surface area (Å²) in [6, 6.07) is 10.6. The summed E-state index contributed by atoms with van der Waals surface area (Å²) < 4.78 is 1.97. The van der Waals surface area contributed by atoms with Crippen LogP contribution in [0.3, 0.4) is 0 Å². The van der Waals surface area contributed by atoms with Gasteiger partial charge in [-0.1, -0.05) is 24.3 Å². The second-order valence-electron chi connectivity index (χ2n) is 6.82. The van der Waals surface area contributed by atoms with Crippen LogP contribution >= 0.6 is 0 Å². The van der Waals surface area contributed by atoms with Crippen molar-refractivity contribution in [2.75, 3.05) is 26.2 Å². The number of benzene rings is 1. The summed E-state index contributed by atoms with van der Waals surface area (Å²) in [6.45, 7) is 7.99. The molecule has 1 atom stereocenters. The summed E-state index contributed by atoms with van der Waals surface area (Å²) >= 11 is 0. The molecule has 24 heavy (non-hydrogen) atoms. The van der Waals surface area contributed by atoms with Crippen LogP contribution in [0.2, 0.25) is 0 Å². The first-order valence-corrected chi connectivity index (χ1v) is 8.74. The van der Waals surface area contributed by atoms with Gasteiger partial charge >= 0.3 is 0 Å². The molecule has 1 aromatic carbocycles.